The molecule has 0 bridgehead atoms. The molecule has 3 aromatic rings. The Bertz CT molecular complexity index is 878. The van der Waals surface area contributed by atoms with E-state index < -0.39 is 12.1 Å². The second-order valence-electron chi connectivity index (χ2n) is 5.61. The lowest BCUT2D eigenvalue weighted by Crippen LogP contribution is -2.39. The normalized spacial score (nSPS) is 12.7. The molecule has 0 spiro atoms. The minimum Gasteiger partial charge on any atom is -0.448 e. The Labute approximate surface area is 142 Å². The number of benzene rings is 1. The van der Waals surface area contributed by atoms with Gasteiger partial charge in [-0.05, 0) is 32.9 Å². The van der Waals surface area contributed by atoms with Gasteiger partial charge in [0.2, 0.25) is 0 Å². The number of esters is 1. The van der Waals surface area contributed by atoms with Crippen molar-refractivity contribution in [2.45, 2.75) is 32.9 Å². The van der Waals surface area contributed by atoms with Crippen LogP contribution in [-0.4, -0.2) is 24.0 Å². The Morgan fingerprint density at radius 1 is 1.09 bits per heavy atom. The first-order chi connectivity index (χ1) is 11.0. The van der Waals surface area contributed by atoms with Crippen LogP contribution in [0.4, 0.5) is 0 Å². The van der Waals surface area contributed by atoms with Crippen molar-refractivity contribution in [2.75, 3.05) is 0 Å². The first-order valence-corrected chi connectivity index (χ1v) is 9.01. The molecule has 0 unspecified atom stereocenters. The van der Waals surface area contributed by atoms with Crippen molar-refractivity contribution in [1.29, 1.82) is 0 Å². The molecule has 0 saturated carbocycles. The Morgan fingerprint density at radius 2 is 1.83 bits per heavy atom. The summed E-state index contributed by atoms with van der Waals surface area (Å²) in [5.41, 5.74) is 0. The summed E-state index contributed by atoms with van der Waals surface area (Å²) < 4.78 is 8.65. The molecule has 23 heavy (non-hydrogen) atoms. The zero-order chi connectivity index (χ0) is 16.6. The summed E-state index contributed by atoms with van der Waals surface area (Å²) in [6.45, 7) is 5.32. The first kappa shape index (κ1) is 16.0. The molecule has 0 fully saturated rings. The van der Waals surface area contributed by atoms with Crippen LogP contribution >= 0.6 is 22.7 Å². The number of thiophene rings is 2. The molecule has 1 aromatic carbocycles. The molecule has 1 amide bonds. The van der Waals surface area contributed by atoms with Gasteiger partial charge < -0.3 is 10.1 Å². The van der Waals surface area contributed by atoms with Crippen LogP contribution < -0.4 is 5.32 Å². The van der Waals surface area contributed by atoms with Crippen LogP contribution in [0.3, 0.4) is 0 Å². The standard InChI is InChI=1S/C17H17NO3S2/c1-9(2)18-16(19)10(3)21-17(20)14-8-13-15(23-14)11-6-4-5-7-12(11)22-13/h4-10H,1-3H3,(H,18,19)/t10-/m0/s1. The van der Waals surface area contributed by atoms with E-state index >= 15 is 0 Å². The predicted molar refractivity (Wildman–Crippen MR) is 95.4 cm³/mol. The Balaban J connectivity index is 1.80. The highest BCUT2D eigenvalue weighted by Gasteiger charge is 2.21. The number of carbonyl (C=O) groups is 2. The number of ether oxygens (including phenoxy) is 1. The van der Waals surface area contributed by atoms with E-state index in [9.17, 15) is 9.59 Å². The fourth-order valence-corrected chi connectivity index (χ4v) is 4.68. The van der Waals surface area contributed by atoms with Crippen LogP contribution in [0.25, 0.3) is 19.5 Å². The van der Waals surface area contributed by atoms with Gasteiger partial charge in [-0.15, -0.1) is 22.7 Å². The first-order valence-electron chi connectivity index (χ1n) is 7.38. The van der Waals surface area contributed by atoms with E-state index in [2.05, 4.69) is 17.4 Å². The lowest BCUT2D eigenvalue weighted by molar-refractivity contribution is -0.129. The maximum Gasteiger partial charge on any atom is 0.349 e. The second-order valence-corrected chi connectivity index (χ2v) is 7.75. The van der Waals surface area contributed by atoms with E-state index in [-0.39, 0.29) is 11.9 Å². The quantitative estimate of drug-likeness (QED) is 0.720. The molecule has 1 N–H and O–H groups in total. The van der Waals surface area contributed by atoms with Crippen molar-refractivity contribution in [1.82, 2.24) is 5.32 Å². The van der Waals surface area contributed by atoms with Gasteiger partial charge in [-0.3, -0.25) is 4.79 Å². The van der Waals surface area contributed by atoms with Crippen molar-refractivity contribution < 1.29 is 14.3 Å². The molecule has 4 nitrogen and oxygen atoms in total. The van der Waals surface area contributed by atoms with Crippen LogP contribution in [0.5, 0.6) is 0 Å². The summed E-state index contributed by atoms with van der Waals surface area (Å²) in [6, 6.07) is 9.99. The zero-order valence-corrected chi connectivity index (χ0v) is 14.7. The summed E-state index contributed by atoms with van der Waals surface area (Å²) in [4.78, 5) is 24.6. The molecule has 0 radical (unpaired) electrons. The third-order valence-corrected chi connectivity index (χ3v) is 5.73. The number of hydrogen-bond acceptors (Lipinski definition) is 5. The number of amides is 1. The molecule has 120 valence electrons. The van der Waals surface area contributed by atoms with E-state index in [1.165, 1.54) is 16.0 Å². The molecule has 0 saturated heterocycles. The Morgan fingerprint density at radius 3 is 2.57 bits per heavy atom. The molecule has 6 heteroatoms. The molecule has 1 atom stereocenters. The molecule has 0 aliphatic carbocycles. The van der Waals surface area contributed by atoms with Gasteiger partial charge in [-0.25, -0.2) is 4.79 Å². The van der Waals surface area contributed by atoms with E-state index in [0.717, 1.165) is 14.8 Å². The third kappa shape index (κ3) is 3.23. The highest BCUT2D eigenvalue weighted by atomic mass is 32.1. The highest BCUT2D eigenvalue weighted by molar-refractivity contribution is 7.33. The fourth-order valence-electron chi connectivity index (χ4n) is 2.27. The van der Waals surface area contributed by atoms with Gasteiger partial charge >= 0.3 is 5.97 Å². The zero-order valence-electron chi connectivity index (χ0n) is 13.1. The van der Waals surface area contributed by atoms with Gasteiger partial charge in [-0.1, -0.05) is 18.2 Å². The summed E-state index contributed by atoms with van der Waals surface area (Å²) in [7, 11) is 0. The van der Waals surface area contributed by atoms with E-state index in [1.54, 1.807) is 18.3 Å². The summed E-state index contributed by atoms with van der Waals surface area (Å²) in [5, 5.41) is 3.89. The number of rotatable bonds is 4. The van der Waals surface area contributed by atoms with Gasteiger partial charge in [0, 0.05) is 20.8 Å². The highest BCUT2D eigenvalue weighted by Crippen LogP contribution is 2.39. The molecule has 0 aliphatic heterocycles. The molecule has 0 aliphatic rings. The van der Waals surface area contributed by atoms with Crippen LogP contribution in [0.2, 0.25) is 0 Å². The van der Waals surface area contributed by atoms with Crippen molar-refractivity contribution in [3.63, 3.8) is 0 Å². The number of carbonyl (C=O) groups excluding carboxylic acids is 2. The van der Waals surface area contributed by atoms with Crippen LogP contribution in [0.1, 0.15) is 30.4 Å². The van der Waals surface area contributed by atoms with Crippen molar-refractivity contribution >= 4 is 54.0 Å². The average Bonchev–Trinajstić information content (AvgIpc) is 3.03. The van der Waals surface area contributed by atoms with Crippen LogP contribution in [0.15, 0.2) is 30.3 Å². The van der Waals surface area contributed by atoms with Gasteiger partial charge in [0.05, 0.1) is 4.70 Å². The van der Waals surface area contributed by atoms with E-state index in [4.69, 9.17) is 4.74 Å². The summed E-state index contributed by atoms with van der Waals surface area (Å²) >= 11 is 3.07. The van der Waals surface area contributed by atoms with Crippen molar-refractivity contribution in [3.8, 4) is 0 Å². The molecule has 3 rings (SSSR count). The van der Waals surface area contributed by atoms with Gasteiger partial charge in [-0.2, -0.15) is 0 Å². The largest absolute Gasteiger partial charge is 0.448 e. The lowest BCUT2D eigenvalue weighted by Gasteiger charge is -2.14. The van der Waals surface area contributed by atoms with Gasteiger partial charge in [0.15, 0.2) is 6.10 Å². The van der Waals surface area contributed by atoms with E-state index in [1.807, 2.05) is 32.0 Å². The van der Waals surface area contributed by atoms with Gasteiger partial charge in [0.1, 0.15) is 4.88 Å². The average molecular weight is 347 g/mol. The fraction of sp³-hybridized carbons (Fsp3) is 0.294. The third-order valence-electron chi connectivity index (χ3n) is 3.33. The number of nitrogens with one attached hydrogen (secondary N) is 1. The lowest BCUT2D eigenvalue weighted by atomic mass is 10.2. The van der Waals surface area contributed by atoms with Crippen molar-refractivity contribution in [2.24, 2.45) is 0 Å². The predicted octanol–water partition coefficient (Wildman–Crippen LogP) is 4.19. The molecule has 2 aromatic heterocycles. The topological polar surface area (TPSA) is 55.4 Å². The maximum atomic E-state index is 12.3. The number of hydrogen-bond donors (Lipinski definition) is 1. The monoisotopic (exact) mass is 347 g/mol. The minimum absolute atomic E-state index is 0.0158. The van der Waals surface area contributed by atoms with E-state index in [0.29, 0.717) is 4.88 Å². The Hall–Kier alpha value is -1.92. The number of fused-ring (bicyclic) bond motifs is 3. The van der Waals surface area contributed by atoms with Crippen LogP contribution in [-0.2, 0) is 9.53 Å². The summed E-state index contributed by atoms with van der Waals surface area (Å²) in [5.74, 6) is -0.731. The Kier molecular flexibility index (Phi) is 4.37. The smallest absolute Gasteiger partial charge is 0.349 e. The molecule has 2 heterocycles. The summed E-state index contributed by atoms with van der Waals surface area (Å²) in [6.07, 6.45) is -0.804. The maximum absolute atomic E-state index is 12.3. The SMILES string of the molecule is CC(C)NC(=O)[C@H](C)OC(=O)c1cc2sc3ccccc3c2s1. The van der Waals surface area contributed by atoms with Crippen LogP contribution in [0, 0.1) is 0 Å². The second kappa shape index (κ2) is 6.29. The van der Waals surface area contributed by atoms with Gasteiger partial charge in [0.25, 0.3) is 5.91 Å². The minimum atomic E-state index is -0.804. The molecular formula is C17H17NO3S2. The van der Waals surface area contributed by atoms with Crippen molar-refractivity contribution in [3.05, 3.63) is 35.2 Å². The molecular weight excluding hydrogens is 330 g/mol.